The number of nitrogens with one attached hydrogen (secondary N) is 1. The summed E-state index contributed by atoms with van der Waals surface area (Å²) in [5.74, 6) is 1.75. The van der Waals surface area contributed by atoms with Gasteiger partial charge in [0.05, 0.1) is 6.61 Å². The summed E-state index contributed by atoms with van der Waals surface area (Å²) >= 11 is 0. The van der Waals surface area contributed by atoms with Crippen LogP contribution in [0, 0.1) is 5.92 Å². The Labute approximate surface area is 131 Å². The highest BCUT2D eigenvalue weighted by molar-refractivity contribution is 5.46. The molecular formula is C19H23NO2. The zero-order valence-corrected chi connectivity index (χ0v) is 12.8. The second-order valence-corrected chi connectivity index (χ2v) is 5.89. The van der Waals surface area contributed by atoms with E-state index in [1.165, 1.54) is 18.4 Å². The number of hydrogen-bond acceptors (Lipinski definition) is 3. The Morgan fingerprint density at radius 1 is 1.05 bits per heavy atom. The van der Waals surface area contributed by atoms with Crippen LogP contribution >= 0.6 is 0 Å². The maximum atomic E-state index is 8.94. The number of aliphatic hydroxyl groups is 1. The molecule has 116 valence electrons. The van der Waals surface area contributed by atoms with Crippen LogP contribution in [-0.2, 0) is 13.0 Å². The van der Waals surface area contributed by atoms with Crippen molar-refractivity contribution in [2.45, 2.75) is 25.8 Å². The first kappa shape index (κ1) is 14.9. The fraction of sp³-hybridized carbons (Fsp3) is 0.368. The third kappa shape index (κ3) is 4.25. The van der Waals surface area contributed by atoms with Crippen LogP contribution in [0.1, 0.15) is 24.0 Å². The molecule has 2 aromatic carbocycles. The van der Waals surface area contributed by atoms with Crippen LogP contribution in [0.4, 0.5) is 5.69 Å². The van der Waals surface area contributed by atoms with Gasteiger partial charge in [0.1, 0.15) is 5.75 Å². The number of benzene rings is 2. The van der Waals surface area contributed by atoms with Gasteiger partial charge in [0.2, 0.25) is 0 Å². The van der Waals surface area contributed by atoms with Crippen molar-refractivity contribution < 1.29 is 9.84 Å². The predicted octanol–water partition coefficient (Wildman–Crippen LogP) is 3.62. The van der Waals surface area contributed by atoms with Gasteiger partial charge < -0.3 is 15.2 Å². The Morgan fingerprint density at radius 3 is 2.55 bits per heavy atom. The van der Waals surface area contributed by atoms with Crippen molar-refractivity contribution in [3.63, 3.8) is 0 Å². The Hall–Kier alpha value is -2.00. The second-order valence-electron chi connectivity index (χ2n) is 5.89. The highest BCUT2D eigenvalue weighted by atomic mass is 16.5. The number of hydrogen-bond donors (Lipinski definition) is 2. The van der Waals surface area contributed by atoms with Gasteiger partial charge in [-0.05, 0) is 48.9 Å². The standard InChI is InChI=1S/C19H23NO2/c21-12-11-15-7-9-18(10-8-15)20-13-17-3-1-2-4-19(17)22-14-16-5-6-16/h1-4,7-10,16,20-21H,5-6,11-14H2. The van der Waals surface area contributed by atoms with E-state index in [4.69, 9.17) is 9.84 Å². The number of rotatable bonds is 8. The zero-order valence-electron chi connectivity index (χ0n) is 12.8. The molecule has 0 aliphatic heterocycles. The molecule has 0 heterocycles. The number of anilines is 1. The van der Waals surface area contributed by atoms with Crippen molar-refractivity contribution in [2.24, 2.45) is 5.92 Å². The predicted molar refractivity (Wildman–Crippen MR) is 89.2 cm³/mol. The van der Waals surface area contributed by atoms with Gasteiger partial charge in [0, 0.05) is 24.4 Å². The van der Waals surface area contributed by atoms with Gasteiger partial charge >= 0.3 is 0 Å². The molecule has 1 fully saturated rings. The molecule has 1 aliphatic carbocycles. The van der Waals surface area contributed by atoms with Gasteiger partial charge in [-0.3, -0.25) is 0 Å². The van der Waals surface area contributed by atoms with Crippen LogP contribution in [0.15, 0.2) is 48.5 Å². The summed E-state index contributed by atoms with van der Waals surface area (Å²) in [6.45, 7) is 1.78. The summed E-state index contributed by atoms with van der Waals surface area (Å²) in [5, 5.41) is 12.4. The van der Waals surface area contributed by atoms with E-state index < -0.39 is 0 Å². The first-order chi connectivity index (χ1) is 10.8. The molecule has 0 unspecified atom stereocenters. The lowest BCUT2D eigenvalue weighted by Crippen LogP contribution is -2.05. The van der Waals surface area contributed by atoms with Crippen LogP contribution < -0.4 is 10.1 Å². The van der Waals surface area contributed by atoms with Crippen molar-refractivity contribution in [1.29, 1.82) is 0 Å². The monoisotopic (exact) mass is 297 g/mol. The van der Waals surface area contributed by atoms with Gasteiger partial charge in [0.25, 0.3) is 0 Å². The summed E-state index contributed by atoms with van der Waals surface area (Å²) in [4.78, 5) is 0. The van der Waals surface area contributed by atoms with Gasteiger partial charge in [-0.1, -0.05) is 30.3 Å². The molecule has 2 aromatic rings. The molecule has 0 spiro atoms. The summed E-state index contributed by atoms with van der Waals surface area (Å²) in [6, 6.07) is 16.4. The molecule has 0 aromatic heterocycles. The molecule has 3 heteroatoms. The minimum atomic E-state index is 0.193. The van der Waals surface area contributed by atoms with E-state index in [1.54, 1.807) is 0 Å². The maximum Gasteiger partial charge on any atom is 0.124 e. The fourth-order valence-electron chi connectivity index (χ4n) is 2.40. The molecule has 0 radical (unpaired) electrons. The summed E-state index contributed by atoms with van der Waals surface area (Å²) in [6.07, 6.45) is 3.32. The summed E-state index contributed by atoms with van der Waals surface area (Å²) in [7, 11) is 0. The van der Waals surface area contributed by atoms with E-state index in [-0.39, 0.29) is 6.61 Å². The summed E-state index contributed by atoms with van der Waals surface area (Å²) in [5.41, 5.74) is 3.42. The Bertz CT molecular complexity index is 591. The van der Waals surface area contributed by atoms with E-state index in [0.717, 1.165) is 36.1 Å². The van der Waals surface area contributed by atoms with Crippen molar-refractivity contribution in [1.82, 2.24) is 0 Å². The maximum absolute atomic E-state index is 8.94. The minimum Gasteiger partial charge on any atom is -0.493 e. The Kier molecular flexibility index (Phi) is 4.96. The molecule has 3 nitrogen and oxygen atoms in total. The lowest BCUT2D eigenvalue weighted by atomic mass is 10.1. The van der Waals surface area contributed by atoms with Crippen LogP contribution in [0.25, 0.3) is 0 Å². The van der Waals surface area contributed by atoms with Crippen molar-refractivity contribution in [2.75, 3.05) is 18.5 Å². The second kappa shape index (κ2) is 7.32. The molecular weight excluding hydrogens is 274 g/mol. The minimum absolute atomic E-state index is 0.193. The van der Waals surface area contributed by atoms with Gasteiger partial charge in [-0.15, -0.1) is 0 Å². The van der Waals surface area contributed by atoms with Crippen LogP contribution in [0.5, 0.6) is 5.75 Å². The molecule has 3 rings (SSSR count). The lowest BCUT2D eigenvalue weighted by Gasteiger charge is -2.13. The highest BCUT2D eigenvalue weighted by Crippen LogP contribution is 2.30. The highest BCUT2D eigenvalue weighted by Gasteiger charge is 2.22. The molecule has 0 amide bonds. The first-order valence-electron chi connectivity index (χ1n) is 7.99. The molecule has 0 bridgehead atoms. The zero-order chi connectivity index (χ0) is 15.2. The van der Waals surface area contributed by atoms with Gasteiger partial charge in [-0.2, -0.15) is 0 Å². The van der Waals surface area contributed by atoms with E-state index in [9.17, 15) is 0 Å². The molecule has 1 aliphatic rings. The topological polar surface area (TPSA) is 41.5 Å². The average molecular weight is 297 g/mol. The van der Waals surface area contributed by atoms with Crippen molar-refractivity contribution in [3.05, 3.63) is 59.7 Å². The van der Waals surface area contributed by atoms with E-state index >= 15 is 0 Å². The quantitative estimate of drug-likeness (QED) is 0.782. The number of ether oxygens (including phenoxy) is 1. The largest absolute Gasteiger partial charge is 0.493 e. The first-order valence-corrected chi connectivity index (χ1v) is 7.99. The van der Waals surface area contributed by atoms with Crippen LogP contribution in [0.2, 0.25) is 0 Å². The van der Waals surface area contributed by atoms with E-state index in [0.29, 0.717) is 6.42 Å². The third-order valence-electron chi connectivity index (χ3n) is 3.98. The lowest BCUT2D eigenvalue weighted by molar-refractivity contribution is 0.297. The smallest absolute Gasteiger partial charge is 0.124 e. The van der Waals surface area contributed by atoms with E-state index in [2.05, 4.69) is 23.5 Å². The fourth-order valence-corrected chi connectivity index (χ4v) is 2.40. The SMILES string of the molecule is OCCc1ccc(NCc2ccccc2OCC2CC2)cc1. The summed E-state index contributed by atoms with van der Waals surface area (Å²) < 4.78 is 5.93. The molecule has 1 saturated carbocycles. The van der Waals surface area contributed by atoms with Crippen LogP contribution in [-0.4, -0.2) is 18.3 Å². The van der Waals surface area contributed by atoms with E-state index in [1.807, 2.05) is 30.3 Å². The van der Waals surface area contributed by atoms with Gasteiger partial charge in [0.15, 0.2) is 0 Å². The third-order valence-corrected chi connectivity index (χ3v) is 3.98. The Morgan fingerprint density at radius 2 is 1.82 bits per heavy atom. The van der Waals surface area contributed by atoms with Gasteiger partial charge in [-0.25, -0.2) is 0 Å². The normalized spacial score (nSPS) is 13.9. The molecule has 0 saturated heterocycles. The molecule has 22 heavy (non-hydrogen) atoms. The van der Waals surface area contributed by atoms with Crippen LogP contribution in [0.3, 0.4) is 0 Å². The van der Waals surface area contributed by atoms with Crippen molar-refractivity contribution >= 4 is 5.69 Å². The number of para-hydroxylation sites is 1. The number of aliphatic hydroxyl groups excluding tert-OH is 1. The van der Waals surface area contributed by atoms with Crippen molar-refractivity contribution in [3.8, 4) is 5.75 Å². The average Bonchev–Trinajstić information content (AvgIpc) is 3.38. The molecule has 0 atom stereocenters. The molecule has 2 N–H and O–H groups in total. The Balaban J connectivity index is 1.57.